The molecule has 0 aliphatic rings. The summed E-state index contributed by atoms with van der Waals surface area (Å²) >= 11 is 6.13. The van der Waals surface area contributed by atoms with E-state index in [1.807, 2.05) is 0 Å². The molecule has 0 bridgehead atoms. The van der Waals surface area contributed by atoms with Crippen molar-refractivity contribution in [1.29, 1.82) is 0 Å². The van der Waals surface area contributed by atoms with Gasteiger partial charge in [-0.25, -0.2) is 4.68 Å². The standard InChI is InChI=1S/C13H12ClN3O2/c1-9(18)8-12(19)16-11-5-2-4-10(14)13(11)17-7-3-6-15-17/h2-7H,8H2,1H3,(H,16,19). The molecule has 0 spiro atoms. The van der Waals surface area contributed by atoms with E-state index >= 15 is 0 Å². The van der Waals surface area contributed by atoms with E-state index in [2.05, 4.69) is 10.4 Å². The normalized spacial score (nSPS) is 10.2. The third-order valence-corrected chi connectivity index (χ3v) is 2.71. The summed E-state index contributed by atoms with van der Waals surface area (Å²) in [5, 5.41) is 7.22. The predicted molar refractivity (Wildman–Crippen MR) is 72.5 cm³/mol. The Labute approximate surface area is 115 Å². The molecule has 0 aliphatic heterocycles. The van der Waals surface area contributed by atoms with Crippen molar-refractivity contribution < 1.29 is 9.59 Å². The Kier molecular flexibility index (Phi) is 3.97. The lowest BCUT2D eigenvalue weighted by atomic mass is 10.2. The van der Waals surface area contributed by atoms with Crippen LogP contribution in [0.25, 0.3) is 5.69 Å². The summed E-state index contributed by atoms with van der Waals surface area (Å²) in [7, 11) is 0. The number of nitrogens with one attached hydrogen (secondary N) is 1. The molecule has 2 aromatic rings. The third kappa shape index (κ3) is 3.20. The molecule has 1 aromatic heterocycles. The molecule has 0 saturated carbocycles. The maximum absolute atomic E-state index is 11.7. The van der Waals surface area contributed by atoms with Crippen molar-refractivity contribution in [3.8, 4) is 5.69 Å². The SMILES string of the molecule is CC(=O)CC(=O)Nc1cccc(Cl)c1-n1cccn1. The van der Waals surface area contributed by atoms with Crippen LogP contribution in [0, 0.1) is 0 Å². The molecule has 1 aromatic carbocycles. The monoisotopic (exact) mass is 277 g/mol. The molecule has 0 atom stereocenters. The number of para-hydroxylation sites is 1. The molecular formula is C13H12ClN3O2. The summed E-state index contributed by atoms with van der Waals surface area (Å²) in [4.78, 5) is 22.6. The molecule has 1 heterocycles. The van der Waals surface area contributed by atoms with Gasteiger partial charge in [0.25, 0.3) is 0 Å². The number of hydrogen-bond donors (Lipinski definition) is 1. The van der Waals surface area contributed by atoms with Gasteiger partial charge in [0, 0.05) is 12.4 Å². The summed E-state index contributed by atoms with van der Waals surface area (Å²) in [6, 6.07) is 6.89. The molecule has 0 radical (unpaired) electrons. The molecule has 1 N–H and O–H groups in total. The molecule has 0 unspecified atom stereocenters. The molecule has 0 aliphatic carbocycles. The largest absolute Gasteiger partial charge is 0.324 e. The number of hydrogen-bond acceptors (Lipinski definition) is 3. The maximum atomic E-state index is 11.7. The lowest BCUT2D eigenvalue weighted by molar-refractivity contribution is -0.124. The van der Waals surface area contributed by atoms with Crippen molar-refractivity contribution in [2.24, 2.45) is 0 Å². The lowest BCUT2D eigenvalue weighted by Crippen LogP contribution is -2.16. The Morgan fingerprint density at radius 2 is 2.16 bits per heavy atom. The number of carbonyl (C=O) groups excluding carboxylic acids is 2. The van der Waals surface area contributed by atoms with E-state index in [4.69, 9.17) is 11.6 Å². The summed E-state index contributed by atoms with van der Waals surface area (Å²) in [5.41, 5.74) is 1.09. The van der Waals surface area contributed by atoms with Gasteiger partial charge in [0.1, 0.15) is 11.5 Å². The second-order valence-electron chi connectivity index (χ2n) is 4.01. The van der Waals surface area contributed by atoms with E-state index in [-0.39, 0.29) is 18.1 Å². The van der Waals surface area contributed by atoms with Crippen molar-refractivity contribution in [1.82, 2.24) is 9.78 Å². The number of ketones is 1. The van der Waals surface area contributed by atoms with Crippen LogP contribution < -0.4 is 5.32 Å². The topological polar surface area (TPSA) is 64.0 Å². The number of benzene rings is 1. The number of aromatic nitrogens is 2. The third-order valence-electron chi connectivity index (χ3n) is 2.40. The lowest BCUT2D eigenvalue weighted by Gasteiger charge is -2.12. The fourth-order valence-corrected chi connectivity index (χ4v) is 1.93. The highest BCUT2D eigenvalue weighted by Gasteiger charge is 2.13. The first-order valence-electron chi connectivity index (χ1n) is 5.66. The summed E-state index contributed by atoms with van der Waals surface area (Å²) in [6.07, 6.45) is 3.18. The molecule has 1 amide bonds. The number of halogens is 1. The Balaban J connectivity index is 2.33. The molecule has 19 heavy (non-hydrogen) atoms. The Bertz CT molecular complexity index is 608. The van der Waals surface area contributed by atoms with Gasteiger partial charge < -0.3 is 5.32 Å². The quantitative estimate of drug-likeness (QED) is 0.873. The number of nitrogens with zero attached hydrogens (tertiary/aromatic N) is 2. The fourth-order valence-electron chi connectivity index (χ4n) is 1.67. The zero-order valence-corrected chi connectivity index (χ0v) is 11.0. The minimum Gasteiger partial charge on any atom is -0.324 e. The van der Waals surface area contributed by atoms with Crippen LogP contribution in [-0.2, 0) is 9.59 Å². The van der Waals surface area contributed by atoms with Gasteiger partial charge in [0.05, 0.1) is 17.1 Å². The van der Waals surface area contributed by atoms with Crippen molar-refractivity contribution in [2.75, 3.05) is 5.32 Å². The first-order valence-corrected chi connectivity index (χ1v) is 6.03. The first-order chi connectivity index (χ1) is 9.08. The van der Waals surface area contributed by atoms with E-state index in [0.717, 1.165) is 0 Å². The molecule has 0 saturated heterocycles. The van der Waals surface area contributed by atoms with Crippen LogP contribution in [0.2, 0.25) is 5.02 Å². The highest BCUT2D eigenvalue weighted by Crippen LogP contribution is 2.27. The minimum atomic E-state index is -0.372. The molecule has 0 fully saturated rings. The Morgan fingerprint density at radius 1 is 1.37 bits per heavy atom. The van der Waals surface area contributed by atoms with Gasteiger partial charge in [0.2, 0.25) is 5.91 Å². The van der Waals surface area contributed by atoms with Crippen molar-refractivity contribution in [3.63, 3.8) is 0 Å². The molecule has 5 nitrogen and oxygen atoms in total. The average molecular weight is 278 g/mol. The number of amides is 1. The van der Waals surface area contributed by atoms with E-state index in [1.54, 1.807) is 41.3 Å². The van der Waals surface area contributed by atoms with Gasteiger partial charge >= 0.3 is 0 Å². The second-order valence-corrected chi connectivity index (χ2v) is 4.42. The van der Waals surface area contributed by atoms with Crippen LogP contribution in [0.4, 0.5) is 5.69 Å². The van der Waals surface area contributed by atoms with Crippen molar-refractivity contribution in [2.45, 2.75) is 13.3 Å². The Morgan fingerprint density at radius 3 is 2.79 bits per heavy atom. The smallest absolute Gasteiger partial charge is 0.231 e. The van der Waals surface area contributed by atoms with Crippen LogP contribution in [0.15, 0.2) is 36.7 Å². The Hall–Kier alpha value is -2.14. The summed E-state index contributed by atoms with van der Waals surface area (Å²) < 4.78 is 1.56. The van der Waals surface area contributed by atoms with Gasteiger partial charge in [-0.2, -0.15) is 5.10 Å². The van der Waals surface area contributed by atoms with Crippen LogP contribution in [0.3, 0.4) is 0 Å². The van der Waals surface area contributed by atoms with E-state index < -0.39 is 0 Å². The van der Waals surface area contributed by atoms with Crippen LogP contribution in [-0.4, -0.2) is 21.5 Å². The van der Waals surface area contributed by atoms with E-state index in [9.17, 15) is 9.59 Å². The fraction of sp³-hybridized carbons (Fsp3) is 0.154. The second kappa shape index (κ2) is 5.67. The molecule has 98 valence electrons. The number of anilines is 1. The van der Waals surface area contributed by atoms with Crippen LogP contribution in [0.5, 0.6) is 0 Å². The molecule has 2 rings (SSSR count). The van der Waals surface area contributed by atoms with Gasteiger partial charge in [-0.05, 0) is 25.1 Å². The van der Waals surface area contributed by atoms with Crippen molar-refractivity contribution >= 4 is 29.0 Å². The zero-order valence-electron chi connectivity index (χ0n) is 10.3. The zero-order chi connectivity index (χ0) is 13.8. The van der Waals surface area contributed by atoms with Gasteiger partial charge in [-0.3, -0.25) is 9.59 Å². The minimum absolute atomic E-state index is 0.162. The summed E-state index contributed by atoms with van der Waals surface area (Å²) in [6.45, 7) is 1.37. The summed E-state index contributed by atoms with van der Waals surface area (Å²) in [5.74, 6) is -0.566. The van der Waals surface area contributed by atoms with E-state index in [1.165, 1.54) is 6.92 Å². The van der Waals surface area contributed by atoms with Crippen LogP contribution >= 0.6 is 11.6 Å². The maximum Gasteiger partial charge on any atom is 0.231 e. The van der Waals surface area contributed by atoms with Gasteiger partial charge in [0.15, 0.2) is 0 Å². The highest BCUT2D eigenvalue weighted by atomic mass is 35.5. The van der Waals surface area contributed by atoms with Crippen LogP contribution in [0.1, 0.15) is 13.3 Å². The first kappa shape index (κ1) is 13.3. The highest BCUT2D eigenvalue weighted by molar-refractivity contribution is 6.33. The van der Waals surface area contributed by atoms with Gasteiger partial charge in [-0.1, -0.05) is 17.7 Å². The number of rotatable bonds is 4. The number of carbonyl (C=O) groups is 2. The van der Waals surface area contributed by atoms with Crippen molar-refractivity contribution in [3.05, 3.63) is 41.7 Å². The molecular weight excluding hydrogens is 266 g/mol. The predicted octanol–water partition coefficient (Wildman–Crippen LogP) is 2.44. The van der Waals surface area contributed by atoms with Gasteiger partial charge in [-0.15, -0.1) is 0 Å². The van der Waals surface area contributed by atoms with E-state index in [0.29, 0.717) is 16.4 Å². The average Bonchev–Trinajstić information content (AvgIpc) is 2.81. The molecule has 6 heteroatoms. The number of Topliss-reactive ketones (excluding diaryl/α,β-unsaturated/α-hetero) is 1.